The molecule has 0 saturated heterocycles. The number of hydrogen-bond acceptors (Lipinski definition) is 3. The maximum atomic E-state index is 8.67. The highest BCUT2D eigenvalue weighted by Gasteiger charge is 2.17. The third-order valence-electron chi connectivity index (χ3n) is 2.72. The van der Waals surface area contributed by atoms with E-state index in [1.807, 2.05) is 26.2 Å². The minimum Gasteiger partial charge on any atom is -0.497 e. The van der Waals surface area contributed by atoms with Gasteiger partial charge in [0.25, 0.3) is 0 Å². The molecule has 0 amide bonds. The lowest BCUT2D eigenvalue weighted by atomic mass is 10.0. The van der Waals surface area contributed by atoms with Gasteiger partial charge in [0.2, 0.25) is 0 Å². The molecule has 0 fully saturated rings. The van der Waals surface area contributed by atoms with Gasteiger partial charge in [0.1, 0.15) is 5.75 Å². The molecule has 0 bridgehead atoms. The van der Waals surface area contributed by atoms with Crippen molar-refractivity contribution >= 4 is 11.6 Å². The van der Waals surface area contributed by atoms with Gasteiger partial charge in [0.15, 0.2) is 0 Å². The molecule has 0 N–H and O–H groups in total. The summed E-state index contributed by atoms with van der Waals surface area (Å²) in [7, 11) is 5.59. The first kappa shape index (κ1) is 13.8. The lowest BCUT2D eigenvalue weighted by molar-refractivity contribution is 0.286. The van der Waals surface area contributed by atoms with Gasteiger partial charge in [0, 0.05) is 17.5 Å². The molecule has 0 aliphatic rings. The molecule has 17 heavy (non-hydrogen) atoms. The first-order valence-electron chi connectivity index (χ1n) is 5.47. The van der Waals surface area contributed by atoms with E-state index in [4.69, 9.17) is 21.6 Å². The maximum Gasteiger partial charge on any atom is 0.120 e. The highest BCUT2D eigenvalue weighted by atomic mass is 35.5. The Bertz CT molecular complexity index is 412. The fourth-order valence-electron chi connectivity index (χ4n) is 1.80. The molecule has 0 spiro atoms. The smallest absolute Gasteiger partial charge is 0.120 e. The number of nitriles is 1. The summed E-state index contributed by atoms with van der Waals surface area (Å²) in [6.45, 7) is 0. The molecule has 0 radical (unpaired) electrons. The number of halogens is 1. The minimum absolute atomic E-state index is 0.160. The van der Waals surface area contributed by atoms with Crippen LogP contribution >= 0.6 is 11.6 Å². The largest absolute Gasteiger partial charge is 0.497 e. The molecule has 92 valence electrons. The topological polar surface area (TPSA) is 36.3 Å². The molecular weight excluding hydrogens is 236 g/mol. The van der Waals surface area contributed by atoms with Crippen LogP contribution < -0.4 is 4.74 Å². The Morgan fingerprint density at radius 3 is 2.65 bits per heavy atom. The van der Waals surface area contributed by atoms with Crippen molar-refractivity contribution in [3.05, 3.63) is 28.8 Å². The molecule has 0 saturated carbocycles. The summed E-state index contributed by atoms with van der Waals surface area (Å²) < 4.78 is 5.12. The Morgan fingerprint density at radius 2 is 2.18 bits per heavy atom. The summed E-state index contributed by atoms with van der Waals surface area (Å²) >= 11 is 6.24. The summed E-state index contributed by atoms with van der Waals surface area (Å²) in [6, 6.07) is 7.99. The summed E-state index contributed by atoms with van der Waals surface area (Å²) in [5, 5.41) is 9.36. The van der Waals surface area contributed by atoms with Crippen LogP contribution in [0.15, 0.2) is 18.2 Å². The van der Waals surface area contributed by atoms with E-state index < -0.39 is 0 Å². The van der Waals surface area contributed by atoms with Crippen molar-refractivity contribution in [3.8, 4) is 11.8 Å². The molecule has 4 heteroatoms. The third-order valence-corrected chi connectivity index (χ3v) is 3.05. The number of methoxy groups -OCH3 is 1. The zero-order valence-electron chi connectivity index (χ0n) is 10.4. The average molecular weight is 253 g/mol. The maximum absolute atomic E-state index is 8.67. The predicted molar refractivity (Wildman–Crippen MR) is 69.3 cm³/mol. The van der Waals surface area contributed by atoms with E-state index in [1.54, 1.807) is 13.2 Å². The first-order chi connectivity index (χ1) is 8.10. The van der Waals surface area contributed by atoms with Crippen molar-refractivity contribution in [2.45, 2.75) is 18.9 Å². The molecule has 0 heterocycles. The number of ether oxygens (including phenoxy) is 1. The molecular formula is C13H17ClN2O. The molecule has 1 unspecified atom stereocenters. The van der Waals surface area contributed by atoms with Crippen molar-refractivity contribution in [1.82, 2.24) is 4.90 Å². The lowest BCUT2D eigenvalue weighted by Crippen LogP contribution is -2.20. The van der Waals surface area contributed by atoms with Crippen molar-refractivity contribution < 1.29 is 4.74 Å². The van der Waals surface area contributed by atoms with E-state index in [-0.39, 0.29) is 6.04 Å². The SMILES string of the molecule is COc1ccc(C(CCC#N)N(C)C)c(Cl)c1. The molecule has 1 rings (SSSR count). The molecule has 3 nitrogen and oxygen atoms in total. The van der Waals surface area contributed by atoms with Crippen LogP contribution in [-0.2, 0) is 0 Å². The van der Waals surface area contributed by atoms with Gasteiger partial charge in [-0.3, -0.25) is 0 Å². The van der Waals surface area contributed by atoms with Crippen LogP contribution in [-0.4, -0.2) is 26.1 Å². The van der Waals surface area contributed by atoms with Gasteiger partial charge < -0.3 is 9.64 Å². The fourth-order valence-corrected chi connectivity index (χ4v) is 2.09. The summed E-state index contributed by atoms with van der Waals surface area (Å²) in [4.78, 5) is 2.07. The van der Waals surface area contributed by atoms with E-state index in [9.17, 15) is 0 Å². The quantitative estimate of drug-likeness (QED) is 0.807. The number of benzene rings is 1. The average Bonchev–Trinajstić information content (AvgIpc) is 2.30. The lowest BCUT2D eigenvalue weighted by Gasteiger charge is -2.25. The van der Waals surface area contributed by atoms with Gasteiger partial charge in [-0.1, -0.05) is 17.7 Å². The van der Waals surface area contributed by atoms with Crippen LogP contribution in [0.3, 0.4) is 0 Å². The number of nitrogens with zero attached hydrogens (tertiary/aromatic N) is 2. The van der Waals surface area contributed by atoms with Crippen LogP contribution in [0.5, 0.6) is 5.75 Å². The second-order valence-electron chi connectivity index (χ2n) is 4.06. The Hall–Kier alpha value is -1.24. The summed E-state index contributed by atoms with van der Waals surface area (Å²) in [6.07, 6.45) is 1.29. The standard InChI is InChI=1S/C13H17ClN2O/c1-16(2)13(5-4-8-15)11-7-6-10(17-3)9-12(11)14/h6-7,9,13H,4-5H2,1-3H3. The van der Waals surface area contributed by atoms with E-state index >= 15 is 0 Å². The van der Waals surface area contributed by atoms with Crippen LogP contribution in [0.2, 0.25) is 5.02 Å². The van der Waals surface area contributed by atoms with E-state index in [0.29, 0.717) is 11.4 Å². The Balaban J connectivity index is 2.98. The van der Waals surface area contributed by atoms with Crippen molar-refractivity contribution in [2.75, 3.05) is 21.2 Å². The van der Waals surface area contributed by atoms with Crippen LogP contribution in [0, 0.1) is 11.3 Å². The zero-order valence-corrected chi connectivity index (χ0v) is 11.2. The Morgan fingerprint density at radius 1 is 1.47 bits per heavy atom. The van der Waals surface area contributed by atoms with Crippen LogP contribution in [0.4, 0.5) is 0 Å². The van der Waals surface area contributed by atoms with Gasteiger partial charge in [-0.15, -0.1) is 0 Å². The monoisotopic (exact) mass is 252 g/mol. The minimum atomic E-state index is 0.160. The molecule has 1 aromatic rings. The number of rotatable bonds is 5. The van der Waals surface area contributed by atoms with Gasteiger partial charge in [-0.05, 0) is 38.2 Å². The number of hydrogen-bond donors (Lipinski definition) is 0. The first-order valence-corrected chi connectivity index (χ1v) is 5.84. The molecule has 1 aromatic carbocycles. The fraction of sp³-hybridized carbons (Fsp3) is 0.462. The van der Waals surface area contributed by atoms with E-state index in [1.165, 1.54) is 0 Å². The van der Waals surface area contributed by atoms with E-state index in [0.717, 1.165) is 17.7 Å². The normalized spacial score (nSPS) is 12.2. The van der Waals surface area contributed by atoms with Gasteiger partial charge >= 0.3 is 0 Å². The van der Waals surface area contributed by atoms with Gasteiger partial charge in [-0.2, -0.15) is 5.26 Å². The second kappa shape index (κ2) is 6.48. The van der Waals surface area contributed by atoms with Crippen LogP contribution in [0.1, 0.15) is 24.4 Å². The third kappa shape index (κ3) is 3.62. The van der Waals surface area contributed by atoms with Crippen LogP contribution in [0.25, 0.3) is 0 Å². The zero-order chi connectivity index (χ0) is 12.8. The van der Waals surface area contributed by atoms with Gasteiger partial charge in [-0.25, -0.2) is 0 Å². The molecule has 0 aliphatic heterocycles. The Kier molecular flexibility index (Phi) is 5.27. The highest BCUT2D eigenvalue weighted by Crippen LogP contribution is 2.32. The Labute approximate surface area is 108 Å². The second-order valence-corrected chi connectivity index (χ2v) is 4.47. The molecule has 0 aromatic heterocycles. The molecule has 1 atom stereocenters. The van der Waals surface area contributed by atoms with Crippen molar-refractivity contribution in [3.63, 3.8) is 0 Å². The summed E-state index contributed by atoms with van der Waals surface area (Å²) in [5.74, 6) is 0.747. The van der Waals surface area contributed by atoms with E-state index in [2.05, 4.69) is 11.0 Å². The highest BCUT2D eigenvalue weighted by molar-refractivity contribution is 6.31. The van der Waals surface area contributed by atoms with Crippen molar-refractivity contribution in [1.29, 1.82) is 5.26 Å². The molecule has 0 aliphatic carbocycles. The predicted octanol–water partition coefficient (Wildman–Crippen LogP) is 3.26. The van der Waals surface area contributed by atoms with Gasteiger partial charge in [0.05, 0.1) is 13.2 Å². The summed E-state index contributed by atoms with van der Waals surface area (Å²) in [5.41, 5.74) is 1.03. The van der Waals surface area contributed by atoms with Crippen molar-refractivity contribution in [2.24, 2.45) is 0 Å².